The fourth-order valence-corrected chi connectivity index (χ4v) is 4.37. The lowest BCUT2D eigenvalue weighted by Gasteiger charge is -2.10. The minimum Gasteiger partial charge on any atom is -0.326 e. The van der Waals surface area contributed by atoms with Crippen LogP contribution in [0.15, 0.2) is 51.8 Å². The molecule has 4 nitrogen and oxygen atoms in total. The Labute approximate surface area is 140 Å². The number of halogens is 2. The molecule has 0 aliphatic carbocycles. The van der Waals surface area contributed by atoms with E-state index in [9.17, 15) is 8.42 Å². The lowest BCUT2D eigenvalue weighted by molar-refractivity contribution is 0.600. The molecule has 3 N–H and O–H groups in total. The predicted molar refractivity (Wildman–Crippen MR) is 92.0 cm³/mol. The van der Waals surface area contributed by atoms with Gasteiger partial charge in [0.2, 0.25) is 0 Å². The van der Waals surface area contributed by atoms with E-state index < -0.39 is 10.0 Å². The van der Waals surface area contributed by atoms with Crippen molar-refractivity contribution in [2.75, 3.05) is 4.72 Å². The van der Waals surface area contributed by atoms with Crippen molar-refractivity contribution in [3.63, 3.8) is 0 Å². The van der Waals surface area contributed by atoms with Gasteiger partial charge in [-0.15, -0.1) is 0 Å². The summed E-state index contributed by atoms with van der Waals surface area (Å²) in [7, 11) is -3.63. The van der Waals surface area contributed by atoms with E-state index in [2.05, 4.69) is 43.2 Å². The van der Waals surface area contributed by atoms with Crippen molar-refractivity contribution >= 4 is 54.2 Å². The van der Waals surface area contributed by atoms with E-state index in [1.807, 2.05) is 6.07 Å². The highest BCUT2D eigenvalue weighted by Gasteiger charge is 2.18. The molecule has 2 aromatic rings. The molecule has 0 aliphatic heterocycles. The van der Waals surface area contributed by atoms with Crippen LogP contribution in [-0.4, -0.2) is 8.42 Å². The van der Waals surface area contributed by atoms with Crippen LogP contribution in [0.3, 0.4) is 0 Å². The van der Waals surface area contributed by atoms with Gasteiger partial charge in [-0.2, -0.15) is 0 Å². The van der Waals surface area contributed by atoms with Gasteiger partial charge in [0.15, 0.2) is 0 Å². The van der Waals surface area contributed by atoms with Gasteiger partial charge in [0.25, 0.3) is 10.0 Å². The molecule has 0 saturated carbocycles. The second kappa shape index (κ2) is 6.42. The molecule has 0 unspecified atom stereocenters. The molecule has 0 saturated heterocycles. The number of rotatable bonds is 4. The first-order chi connectivity index (χ1) is 9.42. The third-order valence-corrected chi connectivity index (χ3v) is 5.63. The van der Waals surface area contributed by atoms with E-state index in [-0.39, 0.29) is 4.90 Å². The third kappa shape index (κ3) is 3.72. The topological polar surface area (TPSA) is 72.2 Å². The molecule has 0 fully saturated rings. The largest absolute Gasteiger partial charge is 0.326 e. The first kappa shape index (κ1) is 15.7. The molecular weight excluding hydrogens is 455 g/mol. The van der Waals surface area contributed by atoms with E-state index in [4.69, 9.17) is 5.73 Å². The molecule has 0 bridgehead atoms. The number of anilines is 1. The van der Waals surface area contributed by atoms with E-state index in [1.165, 1.54) is 0 Å². The zero-order valence-corrected chi connectivity index (χ0v) is 14.9. The zero-order valence-electron chi connectivity index (χ0n) is 10.3. The molecular formula is C13H12BrIN2O2S. The van der Waals surface area contributed by atoms with Gasteiger partial charge in [-0.1, -0.05) is 12.1 Å². The van der Waals surface area contributed by atoms with E-state index in [0.717, 1.165) is 9.13 Å². The molecule has 106 valence electrons. The van der Waals surface area contributed by atoms with Gasteiger partial charge < -0.3 is 5.73 Å². The second-order valence-corrected chi connectivity index (χ2v) is 7.84. The molecule has 0 aromatic heterocycles. The van der Waals surface area contributed by atoms with Crippen LogP contribution in [0.25, 0.3) is 0 Å². The van der Waals surface area contributed by atoms with Crippen molar-refractivity contribution in [2.45, 2.75) is 11.4 Å². The molecule has 0 atom stereocenters. The normalized spacial score (nSPS) is 11.3. The Morgan fingerprint density at radius 1 is 1.20 bits per heavy atom. The van der Waals surface area contributed by atoms with Crippen LogP contribution < -0.4 is 10.5 Å². The molecule has 20 heavy (non-hydrogen) atoms. The zero-order chi connectivity index (χ0) is 14.8. The monoisotopic (exact) mass is 466 g/mol. The summed E-state index contributed by atoms with van der Waals surface area (Å²) in [6.07, 6.45) is 0. The summed E-state index contributed by atoms with van der Waals surface area (Å²) in [5.74, 6) is 0. The van der Waals surface area contributed by atoms with Gasteiger partial charge in [-0.25, -0.2) is 8.42 Å². The number of benzene rings is 2. The van der Waals surface area contributed by atoms with Crippen molar-refractivity contribution in [2.24, 2.45) is 5.73 Å². The van der Waals surface area contributed by atoms with Gasteiger partial charge in [0, 0.05) is 20.3 Å². The van der Waals surface area contributed by atoms with Crippen LogP contribution >= 0.6 is 38.5 Å². The summed E-state index contributed by atoms with van der Waals surface area (Å²) in [4.78, 5) is 0.188. The SMILES string of the molecule is NCc1ccc(S(=O)(=O)Nc2cccc(I)c2)c(Br)c1. The molecule has 2 rings (SSSR count). The Balaban J connectivity index is 2.36. The highest BCUT2D eigenvalue weighted by atomic mass is 127. The summed E-state index contributed by atoms with van der Waals surface area (Å²) in [6.45, 7) is 0.364. The highest BCUT2D eigenvalue weighted by molar-refractivity contribution is 14.1. The first-order valence-electron chi connectivity index (χ1n) is 5.69. The van der Waals surface area contributed by atoms with Crippen LogP contribution in [0.4, 0.5) is 5.69 Å². The smallest absolute Gasteiger partial charge is 0.263 e. The minimum atomic E-state index is -3.63. The molecule has 0 amide bonds. The molecule has 0 spiro atoms. The van der Waals surface area contributed by atoms with Gasteiger partial charge in [0.05, 0.1) is 0 Å². The fourth-order valence-electron chi connectivity index (χ4n) is 1.65. The Hall–Kier alpha value is -0.640. The Morgan fingerprint density at radius 3 is 2.55 bits per heavy atom. The predicted octanol–water partition coefficient (Wildman–Crippen LogP) is 3.31. The highest BCUT2D eigenvalue weighted by Crippen LogP contribution is 2.25. The fraction of sp³-hybridized carbons (Fsp3) is 0.0769. The average molecular weight is 467 g/mol. The van der Waals surface area contributed by atoms with Crippen LogP contribution in [0.1, 0.15) is 5.56 Å². The standard InChI is InChI=1S/C13H12BrIN2O2S/c14-12-6-9(8-16)4-5-13(12)20(18,19)17-11-3-1-2-10(15)7-11/h1-7,17H,8,16H2. The van der Waals surface area contributed by atoms with Crippen molar-refractivity contribution in [3.05, 3.63) is 56.1 Å². The summed E-state index contributed by atoms with van der Waals surface area (Å²) in [5, 5.41) is 0. The maximum atomic E-state index is 12.4. The van der Waals surface area contributed by atoms with Crippen molar-refractivity contribution in [1.82, 2.24) is 0 Å². The molecule has 0 heterocycles. The molecule has 2 aromatic carbocycles. The first-order valence-corrected chi connectivity index (χ1v) is 9.05. The minimum absolute atomic E-state index is 0.188. The molecule has 0 radical (unpaired) electrons. The van der Waals surface area contributed by atoms with E-state index in [0.29, 0.717) is 16.7 Å². The van der Waals surface area contributed by atoms with Crippen LogP contribution in [-0.2, 0) is 16.6 Å². The lowest BCUT2D eigenvalue weighted by atomic mass is 10.2. The van der Waals surface area contributed by atoms with Gasteiger partial charge in [0.1, 0.15) is 4.90 Å². The van der Waals surface area contributed by atoms with Crippen molar-refractivity contribution in [1.29, 1.82) is 0 Å². The average Bonchev–Trinajstić information content (AvgIpc) is 2.37. The van der Waals surface area contributed by atoms with Crippen LogP contribution in [0, 0.1) is 3.57 Å². The lowest BCUT2D eigenvalue weighted by Crippen LogP contribution is -2.14. The number of hydrogen-bond donors (Lipinski definition) is 2. The Kier molecular flexibility index (Phi) is 5.05. The quantitative estimate of drug-likeness (QED) is 0.679. The maximum absolute atomic E-state index is 12.4. The van der Waals surface area contributed by atoms with Crippen molar-refractivity contribution < 1.29 is 8.42 Å². The maximum Gasteiger partial charge on any atom is 0.263 e. The Bertz CT molecular complexity index is 735. The number of nitrogens with one attached hydrogen (secondary N) is 1. The van der Waals surface area contributed by atoms with Gasteiger partial charge >= 0.3 is 0 Å². The van der Waals surface area contributed by atoms with Crippen molar-refractivity contribution in [3.8, 4) is 0 Å². The molecule has 7 heteroatoms. The van der Waals surface area contributed by atoms with Crippen LogP contribution in [0.5, 0.6) is 0 Å². The molecule has 0 aliphatic rings. The summed E-state index contributed by atoms with van der Waals surface area (Å²) in [6, 6.07) is 12.1. The summed E-state index contributed by atoms with van der Waals surface area (Å²) >= 11 is 5.41. The number of sulfonamides is 1. The van der Waals surface area contributed by atoms with Crippen LogP contribution in [0.2, 0.25) is 0 Å². The number of hydrogen-bond acceptors (Lipinski definition) is 3. The number of nitrogens with two attached hydrogens (primary N) is 1. The summed E-state index contributed by atoms with van der Waals surface area (Å²) in [5.41, 5.74) is 6.93. The van der Waals surface area contributed by atoms with E-state index >= 15 is 0 Å². The van der Waals surface area contributed by atoms with Gasteiger partial charge in [-0.05, 0) is 74.4 Å². The van der Waals surface area contributed by atoms with Gasteiger partial charge in [-0.3, -0.25) is 4.72 Å². The Morgan fingerprint density at radius 2 is 1.95 bits per heavy atom. The third-order valence-electron chi connectivity index (χ3n) is 2.60. The summed E-state index contributed by atoms with van der Waals surface area (Å²) < 4.78 is 28.7. The second-order valence-electron chi connectivity index (χ2n) is 4.08. The van der Waals surface area contributed by atoms with E-state index in [1.54, 1.807) is 36.4 Å².